The van der Waals surface area contributed by atoms with Gasteiger partial charge in [0.2, 0.25) is 0 Å². The molecule has 0 atom stereocenters. The summed E-state index contributed by atoms with van der Waals surface area (Å²) in [5, 5.41) is 6.97. The van der Waals surface area contributed by atoms with Crippen LogP contribution in [-0.2, 0) is 0 Å². The van der Waals surface area contributed by atoms with Crippen molar-refractivity contribution in [2.45, 2.75) is 6.92 Å². The third kappa shape index (κ3) is 2.82. The monoisotopic (exact) mass is 371 g/mol. The third-order valence-corrected chi connectivity index (χ3v) is 4.10. The molecule has 130 valence electrons. The van der Waals surface area contributed by atoms with E-state index in [1.54, 1.807) is 25.1 Å². The van der Waals surface area contributed by atoms with E-state index in [1.165, 1.54) is 24.5 Å². The van der Waals surface area contributed by atoms with Crippen LogP contribution in [-0.4, -0.2) is 16.0 Å². The Balaban J connectivity index is 1.79. The zero-order valence-corrected chi connectivity index (χ0v) is 14.2. The minimum atomic E-state index is -0.564. The molecule has 3 heterocycles. The molecule has 0 aliphatic heterocycles. The molecule has 1 N–H and O–H groups in total. The van der Waals surface area contributed by atoms with Gasteiger partial charge in [0.05, 0.1) is 27.9 Å². The van der Waals surface area contributed by atoms with E-state index in [2.05, 4.69) is 15.5 Å². The molecule has 1 aromatic carbocycles. The minimum Gasteiger partial charge on any atom is -0.463 e. The summed E-state index contributed by atoms with van der Waals surface area (Å²) in [4.78, 5) is 17.2. The lowest BCUT2D eigenvalue weighted by molar-refractivity contribution is 0.102. The number of halogens is 2. The van der Waals surface area contributed by atoms with Gasteiger partial charge in [-0.05, 0) is 43.3 Å². The molecule has 1 amide bonds. The Kier molecular flexibility index (Phi) is 3.93. The highest BCUT2D eigenvalue weighted by Crippen LogP contribution is 2.28. The molecule has 0 saturated heterocycles. The van der Waals surface area contributed by atoms with Crippen LogP contribution in [0.25, 0.3) is 22.6 Å². The molecule has 0 saturated carbocycles. The molecule has 4 aromatic rings. The lowest BCUT2D eigenvalue weighted by Crippen LogP contribution is -2.13. The van der Waals surface area contributed by atoms with Gasteiger partial charge in [-0.2, -0.15) is 0 Å². The maximum absolute atomic E-state index is 13.3. The summed E-state index contributed by atoms with van der Waals surface area (Å²) in [5.41, 5.74) is 1.85. The number of aryl methyl sites for hydroxylation is 1. The van der Waals surface area contributed by atoms with Crippen molar-refractivity contribution < 1.29 is 18.1 Å². The number of anilines is 1. The molecule has 4 rings (SSSR count). The second kappa shape index (κ2) is 6.27. The first-order chi connectivity index (χ1) is 12.5. The van der Waals surface area contributed by atoms with Gasteiger partial charge in [0.1, 0.15) is 11.5 Å². The molecular formula is C18H11ClFN3O3. The molecule has 0 fully saturated rings. The number of carbonyl (C=O) groups excluding carboxylic acids is 1. The van der Waals surface area contributed by atoms with Crippen molar-refractivity contribution in [2.24, 2.45) is 0 Å². The lowest BCUT2D eigenvalue weighted by atomic mass is 10.1. The van der Waals surface area contributed by atoms with E-state index in [-0.39, 0.29) is 10.7 Å². The Morgan fingerprint density at radius 2 is 2.12 bits per heavy atom. The molecule has 0 spiro atoms. The van der Waals surface area contributed by atoms with E-state index in [9.17, 15) is 9.18 Å². The Morgan fingerprint density at radius 3 is 2.85 bits per heavy atom. The van der Waals surface area contributed by atoms with Crippen LogP contribution in [0.4, 0.5) is 10.1 Å². The smallest absolute Gasteiger partial charge is 0.259 e. The molecule has 3 aromatic heterocycles. The number of hydrogen-bond acceptors (Lipinski definition) is 5. The fourth-order valence-electron chi connectivity index (χ4n) is 2.60. The van der Waals surface area contributed by atoms with Gasteiger partial charge < -0.3 is 14.3 Å². The van der Waals surface area contributed by atoms with E-state index in [1.807, 2.05) is 0 Å². The minimum absolute atomic E-state index is 0.0832. The Morgan fingerprint density at radius 1 is 1.27 bits per heavy atom. The first-order valence-corrected chi connectivity index (χ1v) is 7.98. The van der Waals surface area contributed by atoms with E-state index in [0.29, 0.717) is 33.8 Å². The van der Waals surface area contributed by atoms with Gasteiger partial charge in [0.15, 0.2) is 5.76 Å². The average molecular weight is 372 g/mol. The predicted octanol–water partition coefficient (Wildman–Crippen LogP) is 4.84. The van der Waals surface area contributed by atoms with Crippen LogP contribution >= 0.6 is 11.6 Å². The molecule has 0 radical (unpaired) electrons. The van der Waals surface area contributed by atoms with Crippen LogP contribution in [0, 0.1) is 12.7 Å². The Labute approximate surface area is 151 Å². The molecule has 0 aliphatic carbocycles. The zero-order valence-electron chi connectivity index (χ0n) is 13.4. The molecule has 0 aliphatic rings. The quantitative estimate of drug-likeness (QED) is 0.557. The molecular weight excluding hydrogens is 361 g/mol. The van der Waals surface area contributed by atoms with Crippen molar-refractivity contribution in [2.75, 3.05) is 5.32 Å². The van der Waals surface area contributed by atoms with E-state index < -0.39 is 11.7 Å². The Hall–Kier alpha value is -3.19. The molecule has 6 nitrogen and oxygen atoms in total. The number of nitrogens with zero attached hydrogens (tertiary/aromatic N) is 2. The zero-order chi connectivity index (χ0) is 18.3. The highest BCUT2D eigenvalue weighted by atomic mass is 35.5. The standard InChI is InChI=1S/C18H11ClFN3O3/c1-9-16-11(17(24)21-10-4-5-13(20)12(19)7-10)8-14(15-3-2-6-25-15)22-18(16)26-23-9/h2-8H,1H3,(H,21,24). The van der Waals surface area contributed by atoms with E-state index >= 15 is 0 Å². The number of aromatic nitrogens is 2. The van der Waals surface area contributed by atoms with Crippen molar-refractivity contribution in [1.29, 1.82) is 0 Å². The topological polar surface area (TPSA) is 81.2 Å². The predicted molar refractivity (Wildman–Crippen MR) is 93.6 cm³/mol. The summed E-state index contributed by atoms with van der Waals surface area (Å²) < 4.78 is 23.9. The number of fused-ring (bicyclic) bond motifs is 1. The fourth-order valence-corrected chi connectivity index (χ4v) is 2.78. The number of pyridine rings is 1. The van der Waals surface area contributed by atoms with Crippen LogP contribution < -0.4 is 5.32 Å². The summed E-state index contributed by atoms with van der Waals surface area (Å²) in [6.45, 7) is 1.71. The van der Waals surface area contributed by atoms with Gasteiger partial charge in [-0.25, -0.2) is 9.37 Å². The SMILES string of the molecule is Cc1noc2nc(-c3ccco3)cc(C(=O)Nc3ccc(F)c(Cl)c3)c12. The van der Waals surface area contributed by atoms with Gasteiger partial charge in [-0.1, -0.05) is 16.8 Å². The summed E-state index contributed by atoms with van der Waals surface area (Å²) in [6.07, 6.45) is 1.51. The van der Waals surface area contributed by atoms with E-state index in [4.69, 9.17) is 20.5 Å². The summed E-state index contributed by atoms with van der Waals surface area (Å²) in [7, 11) is 0. The second-order valence-electron chi connectivity index (χ2n) is 5.56. The first-order valence-electron chi connectivity index (χ1n) is 7.60. The largest absolute Gasteiger partial charge is 0.463 e. The number of benzene rings is 1. The maximum Gasteiger partial charge on any atom is 0.259 e. The van der Waals surface area contributed by atoms with Gasteiger partial charge in [-0.3, -0.25) is 4.79 Å². The van der Waals surface area contributed by atoms with Crippen LogP contribution in [0.15, 0.2) is 51.6 Å². The van der Waals surface area contributed by atoms with Crippen LogP contribution in [0.5, 0.6) is 0 Å². The molecule has 8 heteroatoms. The van der Waals surface area contributed by atoms with Crippen molar-refractivity contribution in [1.82, 2.24) is 10.1 Å². The molecule has 0 bridgehead atoms. The second-order valence-corrected chi connectivity index (χ2v) is 5.97. The van der Waals surface area contributed by atoms with Crippen LogP contribution in [0.1, 0.15) is 16.1 Å². The number of carbonyl (C=O) groups is 1. The average Bonchev–Trinajstić information content (AvgIpc) is 3.28. The maximum atomic E-state index is 13.3. The van der Waals surface area contributed by atoms with Gasteiger partial charge >= 0.3 is 0 Å². The van der Waals surface area contributed by atoms with E-state index in [0.717, 1.165) is 0 Å². The van der Waals surface area contributed by atoms with Gasteiger partial charge in [-0.15, -0.1) is 0 Å². The normalized spacial score (nSPS) is 11.0. The van der Waals surface area contributed by atoms with Crippen molar-refractivity contribution in [3.63, 3.8) is 0 Å². The highest BCUT2D eigenvalue weighted by molar-refractivity contribution is 6.31. The highest BCUT2D eigenvalue weighted by Gasteiger charge is 2.20. The summed E-state index contributed by atoms with van der Waals surface area (Å²) in [5.74, 6) is -0.509. The van der Waals surface area contributed by atoms with Crippen molar-refractivity contribution in [3.05, 3.63) is 64.8 Å². The van der Waals surface area contributed by atoms with Crippen molar-refractivity contribution in [3.8, 4) is 11.5 Å². The van der Waals surface area contributed by atoms with Crippen LogP contribution in [0.2, 0.25) is 5.02 Å². The third-order valence-electron chi connectivity index (χ3n) is 3.81. The fraction of sp³-hybridized carbons (Fsp3) is 0.0556. The van der Waals surface area contributed by atoms with Crippen molar-refractivity contribution >= 4 is 34.3 Å². The number of furan rings is 1. The summed E-state index contributed by atoms with van der Waals surface area (Å²) in [6, 6.07) is 8.96. The summed E-state index contributed by atoms with van der Waals surface area (Å²) >= 11 is 5.77. The van der Waals surface area contributed by atoms with Crippen LogP contribution in [0.3, 0.4) is 0 Å². The Bertz CT molecular complexity index is 1120. The van der Waals surface area contributed by atoms with Gasteiger partial charge in [0.25, 0.3) is 11.6 Å². The number of amides is 1. The lowest BCUT2D eigenvalue weighted by Gasteiger charge is -2.08. The number of rotatable bonds is 3. The first kappa shape index (κ1) is 16.3. The molecule has 0 unspecified atom stereocenters. The van der Waals surface area contributed by atoms with Gasteiger partial charge in [0, 0.05) is 5.69 Å². The number of nitrogens with one attached hydrogen (secondary N) is 1. The molecule has 26 heavy (non-hydrogen) atoms. The number of hydrogen-bond donors (Lipinski definition) is 1.